The lowest BCUT2D eigenvalue weighted by Gasteiger charge is -2.34. The van der Waals surface area contributed by atoms with Gasteiger partial charge in [0.25, 0.3) is 0 Å². The van der Waals surface area contributed by atoms with Crippen molar-refractivity contribution in [2.24, 2.45) is 5.92 Å². The quantitative estimate of drug-likeness (QED) is 0.792. The van der Waals surface area contributed by atoms with Gasteiger partial charge < -0.3 is 9.80 Å². The summed E-state index contributed by atoms with van der Waals surface area (Å²) in [6, 6.07) is 1.14. The van der Waals surface area contributed by atoms with Crippen molar-refractivity contribution in [1.82, 2.24) is 9.80 Å². The molecule has 2 atom stereocenters. The van der Waals surface area contributed by atoms with Crippen LogP contribution in [0.2, 0.25) is 0 Å². The molecule has 2 heterocycles. The van der Waals surface area contributed by atoms with Crippen LogP contribution in [0.25, 0.3) is 0 Å². The van der Waals surface area contributed by atoms with E-state index in [-0.39, 0.29) is 0 Å². The minimum Gasteiger partial charge on any atom is -0.338 e. The summed E-state index contributed by atoms with van der Waals surface area (Å²) in [5.74, 6) is 1.14. The number of carbonyl (C=O) groups is 1. The Labute approximate surface area is 123 Å². The normalized spacial score (nSPS) is 33.0. The van der Waals surface area contributed by atoms with E-state index in [9.17, 15) is 4.79 Å². The number of carbonyl (C=O) groups excluding carboxylic acids is 1. The highest BCUT2D eigenvalue weighted by Gasteiger charge is 2.38. The van der Waals surface area contributed by atoms with Crippen molar-refractivity contribution in [3.8, 4) is 0 Å². The molecule has 114 valence electrons. The molecule has 1 aliphatic carbocycles. The van der Waals surface area contributed by atoms with Crippen LogP contribution in [0.4, 0.5) is 0 Å². The number of hydrogen-bond acceptors (Lipinski definition) is 2. The Morgan fingerprint density at radius 1 is 0.900 bits per heavy atom. The molecule has 0 aromatic carbocycles. The second kappa shape index (κ2) is 6.46. The first kappa shape index (κ1) is 14.4. The summed E-state index contributed by atoms with van der Waals surface area (Å²) in [7, 11) is 2.24. The van der Waals surface area contributed by atoms with E-state index in [1.807, 2.05) is 0 Å². The highest BCUT2D eigenvalue weighted by Crippen LogP contribution is 2.32. The first-order valence-corrected chi connectivity index (χ1v) is 8.75. The van der Waals surface area contributed by atoms with Gasteiger partial charge in [-0.15, -0.1) is 0 Å². The van der Waals surface area contributed by atoms with Gasteiger partial charge in [-0.2, -0.15) is 0 Å². The second-order valence-corrected chi connectivity index (χ2v) is 7.20. The van der Waals surface area contributed by atoms with E-state index in [0.29, 0.717) is 23.9 Å². The predicted molar refractivity (Wildman–Crippen MR) is 81.6 cm³/mol. The van der Waals surface area contributed by atoms with Gasteiger partial charge in [0, 0.05) is 25.0 Å². The molecule has 0 bridgehead atoms. The van der Waals surface area contributed by atoms with Crippen molar-refractivity contribution >= 4 is 5.91 Å². The van der Waals surface area contributed by atoms with Crippen LogP contribution in [0.5, 0.6) is 0 Å². The standard InChI is InChI=1S/C17H30N2O/c1-18-11-5-9-15(18)16-10-6-12-19(16)17(20)13-14-7-3-2-4-8-14/h14-16H,2-13H2,1H3/t15-,16-/m0/s1. The SMILES string of the molecule is CN1CCC[C@H]1[C@@H]1CCCN1C(=O)CC1CCCCC1. The Kier molecular flexibility index (Phi) is 4.65. The summed E-state index contributed by atoms with van der Waals surface area (Å²) in [6.07, 6.45) is 12.5. The zero-order chi connectivity index (χ0) is 13.9. The van der Waals surface area contributed by atoms with Gasteiger partial charge in [-0.05, 0) is 58.0 Å². The fraction of sp³-hybridized carbons (Fsp3) is 0.941. The second-order valence-electron chi connectivity index (χ2n) is 7.20. The van der Waals surface area contributed by atoms with Crippen LogP contribution >= 0.6 is 0 Å². The van der Waals surface area contributed by atoms with Crippen LogP contribution in [-0.2, 0) is 4.79 Å². The van der Waals surface area contributed by atoms with Crippen molar-refractivity contribution in [3.05, 3.63) is 0 Å². The van der Waals surface area contributed by atoms with Gasteiger partial charge in [0.05, 0.1) is 0 Å². The highest BCUT2D eigenvalue weighted by molar-refractivity contribution is 5.77. The average molecular weight is 278 g/mol. The summed E-state index contributed by atoms with van der Waals surface area (Å²) in [5.41, 5.74) is 0. The van der Waals surface area contributed by atoms with E-state index in [0.717, 1.165) is 13.0 Å². The minimum atomic E-state index is 0.458. The molecule has 3 nitrogen and oxygen atoms in total. The Morgan fingerprint density at radius 2 is 1.60 bits per heavy atom. The summed E-state index contributed by atoms with van der Waals surface area (Å²) >= 11 is 0. The molecular formula is C17H30N2O. The minimum absolute atomic E-state index is 0.458. The summed E-state index contributed by atoms with van der Waals surface area (Å²) in [5, 5.41) is 0. The van der Waals surface area contributed by atoms with Crippen LogP contribution in [0, 0.1) is 5.92 Å². The zero-order valence-corrected chi connectivity index (χ0v) is 13.0. The molecule has 0 N–H and O–H groups in total. The summed E-state index contributed by atoms with van der Waals surface area (Å²) in [4.78, 5) is 17.4. The monoisotopic (exact) mass is 278 g/mol. The molecule has 2 aliphatic heterocycles. The molecule has 3 fully saturated rings. The first-order chi connectivity index (χ1) is 9.75. The van der Waals surface area contributed by atoms with Crippen LogP contribution in [0.1, 0.15) is 64.2 Å². The third kappa shape index (κ3) is 3.03. The number of rotatable bonds is 3. The number of nitrogens with zero attached hydrogens (tertiary/aromatic N) is 2. The Morgan fingerprint density at radius 3 is 2.30 bits per heavy atom. The molecule has 3 aliphatic rings. The van der Waals surface area contributed by atoms with Crippen LogP contribution in [-0.4, -0.2) is 47.9 Å². The lowest BCUT2D eigenvalue weighted by atomic mass is 9.86. The van der Waals surface area contributed by atoms with Crippen molar-refractivity contribution < 1.29 is 4.79 Å². The van der Waals surface area contributed by atoms with Crippen molar-refractivity contribution in [3.63, 3.8) is 0 Å². The number of amides is 1. The van der Waals surface area contributed by atoms with Gasteiger partial charge in [0.1, 0.15) is 0 Å². The molecule has 2 saturated heterocycles. The predicted octanol–water partition coefficient (Wildman–Crippen LogP) is 3.04. The maximum absolute atomic E-state index is 12.7. The molecule has 3 rings (SSSR count). The molecule has 0 radical (unpaired) electrons. The van der Waals surface area contributed by atoms with E-state index < -0.39 is 0 Å². The van der Waals surface area contributed by atoms with Gasteiger partial charge in [-0.1, -0.05) is 19.3 Å². The van der Waals surface area contributed by atoms with E-state index in [2.05, 4.69) is 16.8 Å². The smallest absolute Gasteiger partial charge is 0.223 e. The lowest BCUT2D eigenvalue weighted by Crippen LogP contribution is -2.47. The summed E-state index contributed by atoms with van der Waals surface area (Å²) in [6.45, 7) is 2.23. The van der Waals surface area contributed by atoms with E-state index in [4.69, 9.17) is 0 Å². The van der Waals surface area contributed by atoms with Crippen LogP contribution in [0.15, 0.2) is 0 Å². The molecule has 1 amide bonds. The molecule has 1 saturated carbocycles. The molecule has 0 spiro atoms. The van der Waals surface area contributed by atoms with Gasteiger partial charge in [0.2, 0.25) is 5.91 Å². The van der Waals surface area contributed by atoms with Crippen molar-refractivity contribution in [2.45, 2.75) is 76.3 Å². The molecule has 0 aromatic rings. The molecular weight excluding hydrogens is 248 g/mol. The Hall–Kier alpha value is -0.570. The largest absolute Gasteiger partial charge is 0.338 e. The van der Waals surface area contributed by atoms with E-state index >= 15 is 0 Å². The molecule has 0 unspecified atom stereocenters. The van der Waals surface area contributed by atoms with E-state index in [1.165, 1.54) is 64.3 Å². The molecule has 3 heteroatoms. The molecule has 0 aromatic heterocycles. The first-order valence-electron chi connectivity index (χ1n) is 8.75. The van der Waals surface area contributed by atoms with Crippen molar-refractivity contribution in [1.29, 1.82) is 0 Å². The Balaban J connectivity index is 1.58. The van der Waals surface area contributed by atoms with Crippen molar-refractivity contribution in [2.75, 3.05) is 20.1 Å². The van der Waals surface area contributed by atoms with Crippen LogP contribution in [0.3, 0.4) is 0 Å². The summed E-state index contributed by atoms with van der Waals surface area (Å²) < 4.78 is 0. The number of likely N-dealkylation sites (tertiary alicyclic amines) is 2. The maximum Gasteiger partial charge on any atom is 0.223 e. The fourth-order valence-electron chi connectivity index (χ4n) is 4.68. The molecule has 20 heavy (non-hydrogen) atoms. The third-order valence-corrected chi connectivity index (χ3v) is 5.83. The topological polar surface area (TPSA) is 23.6 Å². The third-order valence-electron chi connectivity index (χ3n) is 5.83. The average Bonchev–Trinajstić information content (AvgIpc) is 3.07. The van der Waals surface area contributed by atoms with E-state index in [1.54, 1.807) is 0 Å². The van der Waals surface area contributed by atoms with Gasteiger partial charge in [-0.25, -0.2) is 0 Å². The number of likely N-dealkylation sites (N-methyl/N-ethyl adjacent to an activating group) is 1. The lowest BCUT2D eigenvalue weighted by molar-refractivity contribution is -0.134. The van der Waals surface area contributed by atoms with Gasteiger partial charge >= 0.3 is 0 Å². The highest BCUT2D eigenvalue weighted by atomic mass is 16.2. The van der Waals surface area contributed by atoms with Gasteiger partial charge in [0.15, 0.2) is 0 Å². The fourth-order valence-corrected chi connectivity index (χ4v) is 4.68. The number of hydrogen-bond donors (Lipinski definition) is 0. The van der Waals surface area contributed by atoms with Gasteiger partial charge in [-0.3, -0.25) is 4.79 Å². The van der Waals surface area contributed by atoms with Crippen LogP contribution < -0.4 is 0 Å². The zero-order valence-electron chi connectivity index (χ0n) is 13.0. The maximum atomic E-state index is 12.7. The Bertz CT molecular complexity index is 338.